The van der Waals surface area contributed by atoms with Crippen LogP contribution in [0.25, 0.3) is 0 Å². The van der Waals surface area contributed by atoms with E-state index in [0.717, 1.165) is 19.3 Å². The van der Waals surface area contributed by atoms with Crippen molar-refractivity contribution in [3.05, 3.63) is 24.3 Å². The molecule has 3 amide bonds. The SMILES string of the molecule is CNC(=O)Nc1ccc(NC(=O)C2(C)CCCC2N)cc1. The normalized spacial score (nSPS) is 24.4. The zero-order chi connectivity index (χ0) is 15.5. The van der Waals surface area contributed by atoms with Crippen molar-refractivity contribution >= 4 is 23.3 Å². The smallest absolute Gasteiger partial charge is 0.318 e. The average Bonchev–Trinajstić information content (AvgIpc) is 2.82. The van der Waals surface area contributed by atoms with Crippen LogP contribution in [0.5, 0.6) is 0 Å². The van der Waals surface area contributed by atoms with Gasteiger partial charge in [-0.05, 0) is 44.0 Å². The Morgan fingerprint density at radius 3 is 2.24 bits per heavy atom. The molecule has 114 valence electrons. The Morgan fingerprint density at radius 2 is 1.76 bits per heavy atom. The Labute approximate surface area is 124 Å². The number of carbonyl (C=O) groups is 2. The molecule has 21 heavy (non-hydrogen) atoms. The minimum atomic E-state index is -0.501. The number of urea groups is 1. The molecule has 1 aromatic rings. The van der Waals surface area contributed by atoms with Gasteiger partial charge in [-0.2, -0.15) is 0 Å². The Balaban J connectivity index is 2.00. The van der Waals surface area contributed by atoms with Crippen LogP contribution in [0.1, 0.15) is 26.2 Å². The zero-order valence-electron chi connectivity index (χ0n) is 12.4. The minimum absolute atomic E-state index is 0.0421. The summed E-state index contributed by atoms with van der Waals surface area (Å²) in [4.78, 5) is 23.6. The third-order valence-corrected chi connectivity index (χ3v) is 4.18. The lowest BCUT2D eigenvalue weighted by atomic mass is 9.84. The highest BCUT2D eigenvalue weighted by atomic mass is 16.2. The first-order chi connectivity index (χ1) is 9.95. The van der Waals surface area contributed by atoms with E-state index in [1.807, 2.05) is 6.92 Å². The molecule has 0 saturated heterocycles. The number of hydrogen-bond acceptors (Lipinski definition) is 3. The second-order valence-electron chi connectivity index (χ2n) is 5.65. The van der Waals surface area contributed by atoms with Crippen molar-refractivity contribution in [1.82, 2.24) is 5.32 Å². The first-order valence-electron chi connectivity index (χ1n) is 7.11. The molecule has 2 rings (SSSR count). The van der Waals surface area contributed by atoms with Crippen molar-refractivity contribution in [3.8, 4) is 0 Å². The molecule has 1 aliphatic rings. The Kier molecular flexibility index (Phi) is 4.47. The molecule has 6 heteroatoms. The van der Waals surface area contributed by atoms with Crippen LogP contribution in [0, 0.1) is 5.41 Å². The van der Waals surface area contributed by atoms with Gasteiger partial charge in [0.1, 0.15) is 0 Å². The van der Waals surface area contributed by atoms with Gasteiger partial charge in [0.05, 0.1) is 5.41 Å². The van der Waals surface area contributed by atoms with E-state index >= 15 is 0 Å². The van der Waals surface area contributed by atoms with Crippen molar-refractivity contribution in [3.63, 3.8) is 0 Å². The van der Waals surface area contributed by atoms with Gasteiger partial charge in [0.25, 0.3) is 0 Å². The lowest BCUT2D eigenvalue weighted by molar-refractivity contribution is -0.125. The minimum Gasteiger partial charge on any atom is -0.341 e. The molecule has 5 N–H and O–H groups in total. The van der Waals surface area contributed by atoms with Crippen LogP contribution in [-0.2, 0) is 4.79 Å². The number of rotatable bonds is 3. The monoisotopic (exact) mass is 290 g/mol. The van der Waals surface area contributed by atoms with Crippen LogP contribution in [0.3, 0.4) is 0 Å². The van der Waals surface area contributed by atoms with Crippen LogP contribution in [0.2, 0.25) is 0 Å². The maximum atomic E-state index is 12.4. The number of benzene rings is 1. The predicted molar refractivity (Wildman–Crippen MR) is 83.1 cm³/mol. The Hall–Kier alpha value is -2.08. The third kappa shape index (κ3) is 3.33. The molecule has 0 aliphatic heterocycles. The average molecular weight is 290 g/mol. The van der Waals surface area contributed by atoms with Gasteiger partial charge in [-0.1, -0.05) is 6.42 Å². The van der Waals surface area contributed by atoms with Crippen LogP contribution >= 0.6 is 0 Å². The third-order valence-electron chi connectivity index (χ3n) is 4.18. The number of nitrogens with one attached hydrogen (secondary N) is 3. The quantitative estimate of drug-likeness (QED) is 0.684. The van der Waals surface area contributed by atoms with Gasteiger partial charge in [-0.3, -0.25) is 4.79 Å². The van der Waals surface area contributed by atoms with Gasteiger partial charge in [-0.15, -0.1) is 0 Å². The fraction of sp³-hybridized carbons (Fsp3) is 0.467. The summed E-state index contributed by atoms with van der Waals surface area (Å²) >= 11 is 0. The molecular weight excluding hydrogens is 268 g/mol. The lowest BCUT2D eigenvalue weighted by Crippen LogP contribution is -2.44. The first kappa shape index (κ1) is 15.3. The largest absolute Gasteiger partial charge is 0.341 e. The molecular formula is C15H22N4O2. The molecule has 0 spiro atoms. The standard InChI is InChI=1S/C15H22N4O2/c1-15(9-3-4-12(15)16)13(20)18-10-5-7-11(8-6-10)19-14(21)17-2/h5-8,12H,3-4,9,16H2,1-2H3,(H,18,20)(H2,17,19,21). The Morgan fingerprint density at radius 1 is 1.19 bits per heavy atom. The lowest BCUT2D eigenvalue weighted by Gasteiger charge is -2.27. The molecule has 1 aromatic carbocycles. The fourth-order valence-corrected chi connectivity index (χ4v) is 2.58. The van der Waals surface area contributed by atoms with Gasteiger partial charge in [-0.25, -0.2) is 4.79 Å². The van der Waals surface area contributed by atoms with E-state index in [1.165, 1.54) is 0 Å². The molecule has 2 atom stereocenters. The zero-order valence-corrected chi connectivity index (χ0v) is 12.4. The summed E-state index contributed by atoms with van der Waals surface area (Å²) in [5, 5.41) is 8.03. The first-order valence-corrected chi connectivity index (χ1v) is 7.11. The summed E-state index contributed by atoms with van der Waals surface area (Å²) < 4.78 is 0. The number of nitrogens with two attached hydrogens (primary N) is 1. The van der Waals surface area contributed by atoms with Crippen LogP contribution in [-0.4, -0.2) is 25.0 Å². The van der Waals surface area contributed by atoms with E-state index < -0.39 is 5.41 Å². The van der Waals surface area contributed by atoms with Crippen molar-refractivity contribution in [2.24, 2.45) is 11.1 Å². The highest BCUT2D eigenvalue weighted by Crippen LogP contribution is 2.37. The highest BCUT2D eigenvalue weighted by molar-refractivity contribution is 5.96. The van der Waals surface area contributed by atoms with Crippen LogP contribution in [0.4, 0.5) is 16.2 Å². The summed E-state index contributed by atoms with van der Waals surface area (Å²) in [6, 6.07) is 6.62. The van der Waals surface area contributed by atoms with E-state index in [1.54, 1.807) is 31.3 Å². The second kappa shape index (κ2) is 6.13. The summed E-state index contributed by atoms with van der Waals surface area (Å²) in [6.45, 7) is 1.92. The van der Waals surface area contributed by atoms with Crippen molar-refractivity contribution < 1.29 is 9.59 Å². The fourth-order valence-electron chi connectivity index (χ4n) is 2.58. The molecule has 1 fully saturated rings. The molecule has 6 nitrogen and oxygen atoms in total. The predicted octanol–water partition coefficient (Wildman–Crippen LogP) is 1.89. The molecule has 0 bridgehead atoms. The summed E-state index contributed by atoms with van der Waals surface area (Å²) in [5.74, 6) is -0.0421. The van der Waals surface area contributed by atoms with Gasteiger partial charge < -0.3 is 21.7 Å². The molecule has 0 heterocycles. The van der Waals surface area contributed by atoms with Gasteiger partial charge in [0.2, 0.25) is 5.91 Å². The van der Waals surface area contributed by atoms with Crippen LogP contribution < -0.4 is 21.7 Å². The van der Waals surface area contributed by atoms with E-state index in [2.05, 4.69) is 16.0 Å². The van der Waals surface area contributed by atoms with Gasteiger partial charge in [0, 0.05) is 24.5 Å². The number of anilines is 2. The number of carbonyl (C=O) groups excluding carboxylic acids is 2. The maximum absolute atomic E-state index is 12.4. The number of amides is 3. The topological polar surface area (TPSA) is 96.2 Å². The van der Waals surface area contributed by atoms with E-state index in [9.17, 15) is 9.59 Å². The summed E-state index contributed by atoms with van der Waals surface area (Å²) in [7, 11) is 1.55. The molecule has 2 unspecified atom stereocenters. The Bertz CT molecular complexity index is 529. The molecule has 1 aliphatic carbocycles. The van der Waals surface area contributed by atoms with Crippen molar-refractivity contribution in [2.45, 2.75) is 32.2 Å². The summed E-state index contributed by atoms with van der Waals surface area (Å²) in [6.07, 6.45) is 2.69. The highest BCUT2D eigenvalue weighted by Gasteiger charge is 2.42. The van der Waals surface area contributed by atoms with Crippen molar-refractivity contribution in [1.29, 1.82) is 0 Å². The maximum Gasteiger partial charge on any atom is 0.318 e. The van der Waals surface area contributed by atoms with Gasteiger partial charge in [0.15, 0.2) is 0 Å². The molecule has 1 saturated carbocycles. The number of hydrogen-bond donors (Lipinski definition) is 4. The van der Waals surface area contributed by atoms with E-state index in [0.29, 0.717) is 11.4 Å². The second-order valence-corrected chi connectivity index (χ2v) is 5.65. The summed E-state index contributed by atoms with van der Waals surface area (Å²) in [5.41, 5.74) is 6.91. The van der Waals surface area contributed by atoms with Crippen LogP contribution in [0.15, 0.2) is 24.3 Å². The van der Waals surface area contributed by atoms with Gasteiger partial charge >= 0.3 is 6.03 Å². The van der Waals surface area contributed by atoms with Crippen molar-refractivity contribution in [2.75, 3.05) is 17.7 Å². The van der Waals surface area contributed by atoms with E-state index in [4.69, 9.17) is 5.73 Å². The molecule has 0 radical (unpaired) electrons. The van der Waals surface area contributed by atoms with E-state index in [-0.39, 0.29) is 18.0 Å². The molecule has 0 aromatic heterocycles.